The van der Waals surface area contributed by atoms with Gasteiger partial charge in [0.1, 0.15) is 5.75 Å². The van der Waals surface area contributed by atoms with Gasteiger partial charge in [0.05, 0.1) is 37.8 Å². The second kappa shape index (κ2) is 11.3. The number of aliphatic hydroxyl groups excluding tert-OH is 1. The van der Waals surface area contributed by atoms with Gasteiger partial charge in [0.25, 0.3) is 0 Å². The second-order valence-corrected chi connectivity index (χ2v) is 8.63. The lowest BCUT2D eigenvalue weighted by atomic mass is 10.1. The molecule has 0 bridgehead atoms. The molecule has 0 saturated carbocycles. The van der Waals surface area contributed by atoms with Gasteiger partial charge in [-0.15, -0.1) is 12.4 Å². The number of nitrogens with zero attached hydrogens (tertiary/aromatic N) is 2. The number of anilines is 2. The molecule has 2 aromatic carbocycles. The van der Waals surface area contributed by atoms with Gasteiger partial charge in [0, 0.05) is 35.5 Å². The van der Waals surface area contributed by atoms with E-state index in [0.717, 1.165) is 51.2 Å². The Kier molecular flexibility index (Phi) is 8.72. The van der Waals surface area contributed by atoms with E-state index in [0.29, 0.717) is 12.7 Å². The quantitative estimate of drug-likeness (QED) is 0.635. The monoisotopic (exact) mass is 450 g/mol. The molecule has 5 nitrogen and oxygen atoms in total. The number of rotatable bonds is 8. The first kappa shape index (κ1) is 23.2. The summed E-state index contributed by atoms with van der Waals surface area (Å²) in [5.41, 5.74) is 2.53. The van der Waals surface area contributed by atoms with Crippen molar-refractivity contribution in [2.75, 3.05) is 51.4 Å². The van der Waals surface area contributed by atoms with E-state index in [2.05, 4.69) is 46.2 Å². The van der Waals surface area contributed by atoms with Gasteiger partial charge in [-0.1, -0.05) is 23.9 Å². The highest BCUT2D eigenvalue weighted by atomic mass is 35.5. The van der Waals surface area contributed by atoms with Crippen molar-refractivity contribution in [3.63, 3.8) is 0 Å². The van der Waals surface area contributed by atoms with Crippen LogP contribution < -0.4 is 9.64 Å². The fourth-order valence-electron chi connectivity index (χ4n) is 4.15. The largest absolute Gasteiger partial charge is 0.497 e. The normalized spacial score (nSPS) is 16.5. The Balaban J connectivity index is 0.00000256. The van der Waals surface area contributed by atoms with Crippen LogP contribution in [0.25, 0.3) is 0 Å². The highest BCUT2D eigenvalue weighted by molar-refractivity contribution is 7.99. The molecule has 30 heavy (non-hydrogen) atoms. The van der Waals surface area contributed by atoms with Gasteiger partial charge in [-0.25, -0.2) is 0 Å². The Morgan fingerprint density at radius 3 is 2.57 bits per heavy atom. The van der Waals surface area contributed by atoms with Gasteiger partial charge in [-0.05, 0) is 50.1 Å². The Morgan fingerprint density at radius 1 is 1.03 bits per heavy atom. The standard InChI is InChI=1S/C23H30N2O3S.ClH/c1-27-19-7-8-23-21(17-19)25(20-5-2-3-6-22(20)29-23)12-4-11-24-13-9-18(10-14-24)28-16-15-26;/h2-3,5-8,17-18,26H,4,9-16H2,1H3;1H. The molecule has 0 atom stereocenters. The molecule has 1 saturated heterocycles. The summed E-state index contributed by atoms with van der Waals surface area (Å²) in [5.74, 6) is 0.902. The molecule has 164 valence electrons. The van der Waals surface area contributed by atoms with Gasteiger partial charge in [-0.3, -0.25) is 0 Å². The Labute approximate surface area is 189 Å². The molecule has 0 radical (unpaired) electrons. The summed E-state index contributed by atoms with van der Waals surface area (Å²) < 4.78 is 11.2. The topological polar surface area (TPSA) is 45.2 Å². The first-order chi connectivity index (χ1) is 14.3. The number of hydrogen-bond donors (Lipinski definition) is 1. The number of benzene rings is 2. The molecule has 0 aromatic heterocycles. The van der Waals surface area contributed by atoms with Crippen LogP contribution in [0.4, 0.5) is 11.4 Å². The van der Waals surface area contributed by atoms with Crippen molar-refractivity contribution in [1.29, 1.82) is 0 Å². The van der Waals surface area contributed by atoms with Crippen molar-refractivity contribution in [1.82, 2.24) is 4.90 Å². The molecule has 2 aliphatic rings. The predicted octanol–water partition coefficient (Wildman–Crippen LogP) is 4.58. The highest BCUT2D eigenvalue weighted by Crippen LogP contribution is 2.49. The van der Waals surface area contributed by atoms with Crippen LogP contribution in [0.2, 0.25) is 0 Å². The van der Waals surface area contributed by atoms with Crippen LogP contribution in [0.15, 0.2) is 52.3 Å². The average Bonchev–Trinajstić information content (AvgIpc) is 2.77. The minimum absolute atomic E-state index is 0. The van der Waals surface area contributed by atoms with Gasteiger partial charge < -0.3 is 24.4 Å². The zero-order valence-electron chi connectivity index (χ0n) is 17.5. The number of halogens is 1. The fraction of sp³-hybridized carbons (Fsp3) is 0.478. The summed E-state index contributed by atoms with van der Waals surface area (Å²) in [5, 5.41) is 8.91. The first-order valence-electron chi connectivity index (χ1n) is 10.5. The minimum Gasteiger partial charge on any atom is -0.497 e. The van der Waals surface area contributed by atoms with Crippen LogP contribution in [0.3, 0.4) is 0 Å². The van der Waals surface area contributed by atoms with E-state index in [4.69, 9.17) is 14.6 Å². The van der Waals surface area contributed by atoms with E-state index in [9.17, 15) is 0 Å². The van der Waals surface area contributed by atoms with E-state index in [1.165, 1.54) is 21.2 Å². The van der Waals surface area contributed by atoms with E-state index >= 15 is 0 Å². The molecule has 0 aliphatic carbocycles. The first-order valence-corrected chi connectivity index (χ1v) is 11.3. The SMILES string of the molecule is COc1ccc2c(c1)N(CCCN1CCC(OCCO)CC1)c1ccccc1S2.Cl. The van der Waals surface area contributed by atoms with Gasteiger partial charge in [0.15, 0.2) is 0 Å². The maximum Gasteiger partial charge on any atom is 0.121 e. The van der Waals surface area contributed by atoms with Gasteiger partial charge in [-0.2, -0.15) is 0 Å². The van der Waals surface area contributed by atoms with Crippen molar-refractivity contribution in [2.24, 2.45) is 0 Å². The lowest BCUT2D eigenvalue weighted by Crippen LogP contribution is -2.38. The number of para-hydroxylation sites is 1. The van der Waals surface area contributed by atoms with Gasteiger partial charge >= 0.3 is 0 Å². The summed E-state index contributed by atoms with van der Waals surface area (Å²) in [6.45, 7) is 4.80. The third-order valence-electron chi connectivity index (χ3n) is 5.67. The van der Waals surface area contributed by atoms with Crippen molar-refractivity contribution in [3.05, 3.63) is 42.5 Å². The summed E-state index contributed by atoms with van der Waals surface area (Å²) in [6.07, 6.45) is 3.54. The third-order valence-corrected chi connectivity index (χ3v) is 6.80. The molecular formula is C23H31ClN2O3S. The van der Waals surface area contributed by atoms with Crippen LogP contribution in [0.1, 0.15) is 19.3 Å². The zero-order chi connectivity index (χ0) is 20.1. The van der Waals surface area contributed by atoms with E-state index < -0.39 is 0 Å². The molecule has 7 heteroatoms. The Bertz CT molecular complexity index is 815. The molecule has 1 N–H and O–H groups in total. The van der Waals surface area contributed by atoms with Crippen molar-refractivity contribution in [2.45, 2.75) is 35.2 Å². The molecule has 4 rings (SSSR count). The van der Waals surface area contributed by atoms with Crippen molar-refractivity contribution >= 4 is 35.5 Å². The molecule has 0 amide bonds. The van der Waals surface area contributed by atoms with E-state index in [-0.39, 0.29) is 19.0 Å². The smallest absolute Gasteiger partial charge is 0.121 e. The van der Waals surface area contributed by atoms with Crippen LogP contribution in [0, 0.1) is 0 Å². The molecule has 0 spiro atoms. The molecular weight excluding hydrogens is 420 g/mol. The van der Waals surface area contributed by atoms with Gasteiger partial charge in [0.2, 0.25) is 0 Å². The lowest BCUT2D eigenvalue weighted by molar-refractivity contribution is -0.00770. The lowest BCUT2D eigenvalue weighted by Gasteiger charge is -2.35. The summed E-state index contributed by atoms with van der Waals surface area (Å²) in [4.78, 5) is 7.58. The predicted molar refractivity (Wildman–Crippen MR) is 125 cm³/mol. The number of likely N-dealkylation sites (tertiary alicyclic amines) is 1. The summed E-state index contributed by atoms with van der Waals surface area (Å²) in [7, 11) is 1.73. The number of aliphatic hydroxyl groups is 1. The molecule has 0 unspecified atom stereocenters. The van der Waals surface area contributed by atoms with Crippen molar-refractivity contribution < 1.29 is 14.6 Å². The molecule has 2 aliphatic heterocycles. The average molecular weight is 451 g/mol. The number of piperidine rings is 1. The molecule has 1 fully saturated rings. The van der Waals surface area contributed by atoms with Crippen LogP contribution >= 0.6 is 24.2 Å². The van der Waals surface area contributed by atoms with Crippen LogP contribution in [-0.2, 0) is 4.74 Å². The van der Waals surface area contributed by atoms with E-state index in [1.807, 2.05) is 17.8 Å². The fourth-order valence-corrected chi connectivity index (χ4v) is 5.22. The second-order valence-electron chi connectivity index (χ2n) is 7.54. The number of methoxy groups -OCH3 is 1. The maximum atomic E-state index is 8.91. The van der Waals surface area contributed by atoms with Crippen molar-refractivity contribution in [3.8, 4) is 5.75 Å². The Morgan fingerprint density at radius 2 is 1.80 bits per heavy atom. The zero-order valence-corrected chi connectivity index (χ0v) is 19.1. The summed E-state index contributed by atoms with van der Waals surface area (Å²) in [6, 6.07) is 15.0. The highest BCUT2D eigenvalue weighted by Gasteiger charge is 2.24. The molecule has 2 aromatic rings. The third kappa shape index (κ3) is 5.42. The number of hydrogen-bond acceptors (Lipinski definition) is 6. The van der Waals surface area contributed by atoms with Crippen LogP contribution in [0.5, 0.6) is 5.75 Å². The maximum absolute atomic E-state index is 8.91. The Hall–Kier alpha value is -1.44. The van der Waals surface area contributed by atoms with Crippen LogP contribution in [-0.4, -0.2) is 62.6 Å². The van der Waals surface area contributed by atoms with E-state index in [1.54, 1.807) is 7.11 Å². The summed E-state index contributed by atoms with van der Waals surface area (Å²) >= 11 is 1.83. The molecule has 2 heterocycles. The number of ether oxygens (including phenoxy) is 2. The minimum atomic E-state index is 0. The number of fused-ring (bicyclic) bond motifs is 2.